The molecule has 0 aliphatic carbocycles. The number of halogens is 1. The predicted molar refractivity (Wildman–Crippen MR) is 98.7 cm³/mol. The van der Waals surface area contributed by atoms with Crippen molar-refractivity contribution in [3.63, 3.8) is 0 Å². The van der Waals surface area contributed by atoms with Crippen molar-refractivity contribution in [1.82, 2.24) is 9.80 Å². The summed E-state index contributed by atoms with van der Waals surface area (Å²) in [5.41, 5.74) is 0.383. The normalized spacial score (nSPS) is 15.0. The van der Waals surface area contributed by atoms with Crippen LogP contribution in [0.3, 0.4) is 0 Å². The van der Waals surface area contributed by atoms with Gasteiger partial charge >= 0.3 is 5.97 Å². The molecule has 1 aliphatic heterocycles. The zero-order valence-electron chi connectivity index (χ0n) is 15.9. The monoisotopic (exact) mass is 393 g/mol. The molecule has 0 radical (unpaired) electrons. The standard InChI is InChI=1S/C19H24FN3O5/c1-13(19(27)21-16-5-3-15(20)4-6-16)28-18(26)8-7-17(25)23-11-9-22(10-12-23)14(2)24/h3-6,13H,7-12H2,1-2H3,(H,21,27)/t13-/m0/s1. The van der Waals surface area contributed by atoms with Gasteiger partial charge in [0.1, 0.15) is 5.82 Å². The third kappa shape index (κ3) is 6.33. The number of rotatable bonds is 6. The first-order valence-corrected chi connectivity index (χ1v) is 9.05. The fraction of sp³-hybridized carbons (Fsp3) is 0.474. The number of hydrogen-bond acceptors (Lipinski definition) is 5. The number of esters is 1. The van der Waals surface area contributed by atoms with Gasteiger partial charge in [0.15, 0.2) is 6.10 Å². The smallest absolute Gasteiger partial charge is 0.307 e. The molecule has 0 bridgehead atoms. The molecule has 1 atom stereocenters. The molecule has 3 amide bonds. The van der Waals surface area contributed by atoms with Gasteiger partial charge in [-0.2, -0.15) is 0 Å². The minimum Gasteiger partial charge on any atom is -0.453 e. The Morgan fingerprint density at radius 3 is 2.18 bits per heavy atom. The Morgan fingerprint density at radius 1 is 1.04 bits per heavy atom. The van der Waals surface area contributed by atoms with Crippen LogP contribution >= 0.6 is 0 Å². The Kier molecular flexibility index (Phi) is 7.48. The topological polar surface area (TPSA) is 96.0 Å². The Labute approximate surface area is 162 Å². The van der Waals surface area contributed by atoms with Gasteiger partial charge < -0.3 is 19.9 Å². The molecule has 2 rings (SSSR count). The van der Waals surface area contributed by atoms with E-state index in [0.29, 0.717) is 31.9 Å². The van der Waals surface area contributed by atoms with Crippen LogP contribution in [0.4, 0.5) is 10.1 Å². The maximum atomic E-state index is 12.9. The van der Waals surface area contributed by atoms with Crippen molar-refractivity contribution in [3.8, 4) is 0 Å². The third-order valence-corrected chi connectivity index (χ3v) is 4.41. The largest absolute Gasteiger partial charge is 0.453 e. The molecule has 1 fully saturated rings. The van der Waals surface area contributed by atoms with E-state index in [9.17, 15) is 23.6 Å². The summed E-state index contributed by atoms with van der Waals surface area (Å²) in [7, 11) is 0. The lowest BCUT2D eigenvalue weighted by Gasteiger charge is -2.34. The maximum absolute atomic E-state index is 12.9. The number of nitrogens with zero attached hydrogens (tertiary/aromatic N) is 2. The second-order valence-corrected chi connectivity index (χ2v) is 6.52. The van der Waals surface area contributed by atoms with Crippen LogP contribution in [-0.2, 0) is 23.9 Å². The van der Waals surface area contributed by atoms with E-state index in [0.717, 1.165) is 0 Å². The Balaban J connectivity index is 1.71. The van der Waals surface area contributed by atoms with Gasteiger partial charge in [0, 0.05) is 45.2 Å². The molecule has 9 heteroatoms. The minimum atomic E-state index is -1.05. The highest BCUT2D eigenvalue weighted by Crippen LogP contribution is 2.10. The number of carbonyl (C=O) groups is 4. The third-order valence-electron chi connectivity index (χ3n) is 4.41. The molecule has 0 aromatic heterocycles. The van der Waals surface area contributed by atoms with Gasteiger partial charge in [-0.05, 0) is 31.2 Å². The molecule has 1 N–H and O–H groups in total. The number of anilines is 1. The lowest BCUT2D eigenvalue weighted by atomic mass is 10.2. The number of hydrogen-bond donors (Lipinski definition) is 1. The van der Waals surface area contributed by atoms with Crippen molar-refractivity contribution in [2.45, 2.75) is 32.8 Å². The van der Waals surface area contributed by atoms with Gasteiger partial charge in [0.05, 0.1) is 6.42 Å². The van der Waals surface area contributed by atoms with Crippen LogP contribution in [0.2, 0.25) is 0 Å². The first-order valence-electron chi connectivity index (χ1n) is 9.05. The van der Waals surface area contributed by atoms with E-state index in [4.69, 9.17) is 4.74 Å². The quantitative estimate of drug-likeness (QED) is 0.732. The highest BCUT2D eigenvalue weighted by molar-refractivity contribution is 5.95. The highest BCUT2D eigenvalue weighted by atomic mass is 19.1. The molecule has 0 unspecified atom stereocenters. The van der Waals surface area contributed by atoms with Gasteiger partial charge in [0.2, 0.25) is 11.8 Å². The van der Waals surface area contributed by atoms with Crippen LogP contribution in [0, 0.1) is 5.82 Å². The Morgan fingerprint density at radius 2 is 1.61 bits per heavy atom. The molecule has 28 heavy (non-hydrogen) atoms. The number of ether oxygens (including phenoxy) is 1. The number of carbonyl (C=O) groups excluding carboxylic acids is 4. The van der Waals surface area contributed by atoms with Crippen molar-refractivity contribution >= 4 is 29.4 Å². The maximum Gasteiger partial charge on any atom is 0.307 e. The van der Waals surface area contributed by atoms with E-state index in [2.05, 4.69) is 5.32 Å². The molecule has 1 saturated heterocycles. The van der Waals surface area contributed by atoms with Crippen molar-refractivity contribution < 1.29 is 28.3 Å². The van der Waals surface area contributed by atoms with Gasteiger partial charge in [-0.25, -0.2) is 4.39 Å². The lowest BCUT2D eigenvalue weighted by Crippen LogP contribution is -2.50. The van der Waals surface area contributed by atoms with E-state index in [1.54, 1.807) is 9.80 Å². The van der Waals surface area contributed by atoms with E-state index in [-0.39, 0.29) is 24.7 Å². The molecule has 0 saturated carbocycles. The van der Waals surface area contributed by atoms with E-state index < -0.39 is 23.8 Å². The Hall–Kier alpha value is -2.97. The average molecular weight is 393 g/mol. The molecular weight excluding hydrogens is 369 g/mol. The summed E-state index contributed by atoms with van der Waals surface area (Å²) in [6.07, 6.45) is -1.21. The molecule has 0 spiro atoms. The predicted octanol–water partition coefficient (Wildman–Crippen LogP) is 1.17. The number of piperazine rings is 1. The summed E-state index contributed by atoms with van der Waals surface area (Å²) in [6, 6.07) is 5.20. The van der Waals surface area contributed by atoms with Crippen molar-refractivity contribution in [3.05, 3.63) is 30.1 Å². The van der Waals surface area contributed by atoms with Gasteiger partial charge in [-0.1, -0.05) is 0 Å². The fourth-order valence-electron chi connectivity index (χ4n) is 2.72. The minimum absolute atomic E-state index is 0.0226. The van der Waals surface area contributed by atoms with E-state index in [1.165, 1.54) is 38.1 Å². The summed E-state index contributed by atoms with van der Waals surface area (Å²) in [5.74, 6) is -1.85. The van der Waals surface area contributed by atoms with Crippen molar-refractivity contribution in [2.24, 2.45) is 0 Å². The second-order valence-electron chi connectivity index (χ2n) is 6.52. The number of benzene rings is 1. The highest BCUT2D eigenvalue weighted by Gasteiger charge is 2.24. The zero-order chi connectivity index (χ0) is 20.7. The van der Waals surface area contributed by atoms with Crippen LogP contribution in [0.5, 0.6) is 0 Å². The summed E-state index contributed by atoms with van der Waals surface area (Å²) < 4.78 is 17.9. The van der Waals surface area contributed by atoms with Crippen molar-refractivity contribution in [1.29, 1.82) is 0 Å². The molecule has 1 aromatic carbocycles. The van der Waals surface area contributed by atoms with E-state index in [1.807, 2.05) is 0 Å². The zero-order valence-corrected chi connectivity index (χ0v) is 15.9. The average Bonchev–Trinajstić information content (AvgIpc) is 2.67. The first kappa shape index (κ1) is 21.3. The van der Waals surface area contributed by atoms with Gasteiger partial charge in [-0.15, -0.1) is 0 Å². The second kappa shape index (κ2) is 9.82. The summed E-state index contributed by atoms with van der Waals surface area (Å²) in [4.78, 5) is 50.7. The fourth-order valence-corrected chi connectivity index (χ4v) is 2.72. The molecule has 8 nitrogen and oxygen atoms in total. The Bertz CT molecular complexity index is 730. The molecular formula is C19H24FN3O5. The summed E-state index contributed by atoms with van der Waals surface area (Å²) in [6.45, 7) is 4.73. The molecule has 152 valence electrons. The molecule has 1 heterocycles. The number of nitrogens with one attached hydrogen (secondary N) is 1. The first-order chi connectivity index (χ1) is 13.3. The van der Waals surface area contributed by atoms with Crippen LogP contribution in [0.1, 0.15) is 26.7 Å². The van der Waals surface area contributed by atoms with Crippen LogP contribution in [-0.4, -0.2) is 65.8 Å². The summed E-state index contributed by atoms with van der Waals surface area (Å²) >= 11 is 0. The van der Waals surface area contributed by atoms with Gasteiger partial charge in [-0.3, -0.25) is 19.2 Å². The van der Waals surface area contributed by atoms with Gasteiger partial charge in [0.25, 0.3) is 5.91 Å². The van der Waals surface area contributed by atoms with Crippen molar-refractivity contribution in [2.75, 3.05) is 31.5 Å². The van der Waals surface area contributed by atoms with Crippen LogP contribution in [0.25, 0.3) is 0 Å². The molecule has 1 aromatic rings. The lowest BCUT2D eigenvalue weighted by molar-refractivity contribution is -0.154. The molecule has 1 aliphatic rings. The van der Waals surface area contributed by atoms with Crippen LogP contribution < -0.4 is 5.32 Å². The SMILES string of the molecule is CC(=O)N1CCN(C(=O)CCC(=O)O[C@@H](C)C(=O)Nc2ccc(F)cc2)CC1. The summed E-state index contributed by atoms with van der Waals surface area (Å²) in [5, 5.41) is 2.51. The van der Waals surface area contributed by atoms with E-state index >= 15 is 0 Å². The van der Waals surface area contributed by atoms with Crippen LogP contribution in [0.15, 0.2) is 24.3 Å². The number of amides is 3.